The van der Waals surface area contributed by atoms with Crippen LogP contribution < -0.4 is 0 Å². The zero-order valence-electron chi connectivity index (χ0n) is 10.4. The van der Waals surface area contributed by atoms with Crippen molar-refractivity contribution >= 4 is 22.6 Å². The summed E-state index contributed by atoms with van der Waals surface area (Å²) in [5.41, 5.74) is 0. The third-order valence-electron chi connectivity index (χ3n) is 3.82. The highest BCUT2D eigenvalue weighted by molar-refractivity contribution is 14.1. The minimum absolute atomic E-state index is 0.0447. The van der Waals surface area contributed by atoms with Crippen LogP contribution >= 0.6 is 22.6 Å². The lowest BCUT2D eigenvalue weighted by Gasteiger charge is -2.32. The second kappa shape index (κ2) is 7.74. The lowest BCUT2D eigenvalue weighted by atomic mass is 9.85. The zero-order valence-corrected chi connectivity index (χ0v) is 12.6. The molecule has 0 radical (unpaired) electrons. The quantitative estimate of drug-likeness (QED) is 0.699. The summed E-state index contributed by atoms with van der Waals surface area (Å²) in [4.78, 5) is 0. The monoisotopic (exact) mass is 350 g/mol. The molecule has 0 N–H and O–H groups in total. The summed E-state index contributed by atoms with van der Waals surface area (Å²) in [6.45, 7) is 0.871. The van der Waals surface area contributed by atoms with Crippen molar-refractivity contribution in [3.8, 4) is 0 Å². The van der Waals surface area contributed by atoms with Gasteiger partial charge in [-0.2, -0.15) is 0 Å². The van der Waals surface area contributed by atoms with E-state index in [2.05, 4.69) is 32.7 Å². The smallest absolute Gasteiger partial charge is 0.158 e. The lowest BCUT2D eigenvalue weighted by Crippen LogP contribution is -2.32. The third-order valence-corrected chi connectivity index (χ3v) is 4.24. The van der Waals surface area contributed by atoms with Gasteiger partial charge in [0, 0.05) is 6.61 Å². The summed E-state index contributed by atoms with van der Waals surface area (Å²) in [7, 11) is 0. The van der Waals surface area contributed by atoms with Crippen molar-refractivity contribution < 1.29 is 9.47 Å². The van der Waals surface area contributed by atoms with Crippen LogP contribution in [0.5, 0.6) is 0 Å². The van der Waals surface area contributed by atoms with Crippen LogP contribution in [0.2, 0.25) is 0 Å². The fourth-order valence-corrected chi connectivity index (χ4v) is 3.25. The second-order valence-corrected chi connectivity index (χ2v) is 5.83. The van der Waals surface area contributed by atoms with Gasteiger partial charge >= 0.3 is 0 Å². The molecule has 1 saturated heterocycles. The molecule has 1 heterocycles. The van der Waals surface area contributed by atoms with E-state index in [0.717, 1.165) is 13.0 Å². The zero-order chi connectivity index (χ0) is 11.9. The van der Waals surface area contributed by atoms with Gasteiger partial charge in [0.05, 0.1) is 6.10 Å². The van der Waals surface area contributed by atoms with Gasteiger partial charge < -0.3 is 9.47 Å². The van der Waals surface area contributed by atoms with Crippen molar-refractivity contribution in [1.82, 2.24) is 0 Å². The number of halogens is 1. The maximum atomic E-state index is 6.16. The van der Waals surface area contributed by atoms with Crippen LogP contribution in [-0.2, 0) is 9.47 Å². The SMILES string of the molecule is I/C=C/[C@H](OC1CCCCO1)C1CCCCC1. The fourth-order valence-electron chi connectivity index (χ4n) is 2.84. The number of rotatable bonds is 4. The molecular weight excluding hydrogens is 327 g/mol. The van der Waals surface area contributed by atoms with Crippen LogP contribution in [0.25, 0.3) is 0 Å². The van der Waals surface area contributed by atoms with Gasteiger partial charge in [-0.25, -0.2) is 0 Å². The van der Waals surface area contributed by atoms with Crippen molar-refractivity contribution in [2.45, 2.75) is 63.8 Å². The van der Waals surface area contributed by atoms with Crippen molar-refractivity contribution in [3.63, 3.8) is 0 Å². The number of ether oxygens (including phenoxy) is 2. The summed E-state index contributed by atoms with van der Waals surface area (Å²) >= 11 is 2.29. The van der Waals surface area contributed by atoms with Crippen LogP contribution in [0.4, 0.5) is 0 Å². The van der Waals surface area contributed by atoms with Crippen LogP contribution in [0.1, 0.15) is 51.4 Å². The van der Waals surface area contributed by atoms with Gasteiger partial charge in [-0.15, -0.1) is 0 Å². The first-order valence-electron chi connectivity index (χ1n) is 6.94. The molecule has 0 aromatic carbocycles. The average molecular weight is 350 g/mol. The summed E-state index contributed by atoms with van der Waals surface area (Å²) in [5.74, 6) is 0.709. The van der Waals surface area contributed by atoms with Crippen molar-refractivity contribution in [2.24, 2.45) is 5.92 Å². The molecule has 1 aliphatic heterocycles. The van der Waals surface area contributed by atoms with E-state index in [9.17, 15) is 0 Å². The van der Waals surface area contributed by atoms with E-state index in [0.29, 0.717) is 5.92 Å². The molecule has 0 aromatic rings. The molecule has 3 heteroatoms. The van der Waals surface area contributed by atoms with Gasteiger partial charge in [-0.1, -0.05) is 41.9 Å². The molecule has 17 heavy (non-hydrogen) atoms. The summed E-state index contributed by atoms with van der Waals surface area (Å²) in [6, 6.07) is 0. The molecule has 98 valence electrons. The van der Waals surface area contributed by atoms with Crippen molar-refractivity contribution in [3.05, 3.63) is 10.2 Å². The molecule has 2 nitrogen and oxygen atoms in total. The summed E-state index contributed by atoms with van der Waals surface area (Å²) in [5, 5.41) is 0. The molecule has 2 rings (SSSR count). The molecule has 0 spiro atoms. The Bertz CT molecular complexity index is 230. The minimum atomic E-state index is 0.0447. The van der Waals surface area contributed by atoms with Crippen LogP contribution in [0, 0.1) is 5.92 Å². The standard InChI is InChI=1S/C14H23IO2/c15-10-9-13(12-6-2-1-3-7-12)17-14-8-4-5-11-16-14/h9-10,12-14H,1-8,11H2/b10-9+/t13-,14?/m0/s1. The molecule has 0 bridgehead atoms. The molecule has 1 unspecified atom stereocenters. The average Bonchev–Trinajstić information content (AvgIpc) is 2.40. The minimum Gasteiger partial charge on any atom is -0.353 e. The topological polar surface area (TPSA) is 18.5 Å². The Kier molecular flexibility index (Phi) is 6.29. The number of hydrogen-bond donors (Lipinski definition) is 0. The second-order valence-electron chi connectivity index (χ2n) is 5.11. The van der Waals surface area contributed by atoms with Crippen molar-refractivity contribution in [1.29, 1.82) is 0 Å². The molecule has 1 saturated carbocycles. The van der Waals surface area contributed by atoms with Crippen LogP contribution in [-0.4, -0.2) is 19.0 Å². The highest BCUT2D eigenvalue weighted by atomic mass is 127. The van der Waals surface area contributed by atoms with Gasteiger partial charge in [0.25, 0.3) is 0 Å². The molecule has 0 aromatic heterocycles. The Labute approximate surface area is 118 Å². The summed E-state index contributed by atoms with van der Waals surface area (Å²) in [6.07, 6.45) is 12.8. The Morgan fingerprint density at radius 1 is 1.06 bits per heavy atom. The fraction of sp³-hybridized carbons (Fsp3) is 0.857. The van der Waals surface area contributed by atoms with Gasteiger partial charge in [0.1, 0.15) is 0 Å². The van der Waals surface area contributed by atoms with Gasteiger partial charge in [0.2, 0.25) is 0 Å². The molecular formula is C14H23IO2. The third kappa shape index (κ3) is 4.52. The molecule has 2 fully saturated rings. The van der Waals surface area contributed by atoms with E-state index >= 15 is 0 Å². The normalized spacial score (nSPS) is 29.6. The van der Waals surface area contributed by atoms with Gasteiger partial charge in [-0.3, -0.25) is 0 Å². The Balaban J connectivity index is 1.86. The molecule has 1 aliphatic carbocycles. The maximum Gasteiger partial charge on any atom is 0.158 e. The number of hydrogen-bond acceptors (Lipinski definition) is 2. The lowest BCUT2D eigenvalue weighted by molar-refractivity contribution is -0.189. The highest BCUT2D eigenvalue weighted by Crippen LogP contribution is 2.30. The van der Waals surface area contributed by atoms with E-state index in [-0.39, 0.29) is 12.4 Å². The van der Waals surface area contributed by atoms with Crippen molar-refractivity contribution in [2.75, 3.05) is 6.61 Å². The van der Waals surface area contributed by atoms with Crippen LogP contribution in [0.15, 0.2) is 10.2 Å². The molecule has 2 aliphatic rings. The largest absolute Gasteiger partial charge is 0.353 e. The predicted octanol–water partition coefficient (Wildman–Crippen LogP) is 4.43. The van der Waals surface area contributed by atoms with Gasteiger partial charge in [0.15, 0.2) is 6.29 Å². The van der Waals surface area contributed by atoms with E-state index in [1.807, 2.05) is 0 Å². The summed E-state index contributed by atoms with van der Waals surface area (Å²) < 4.78 is 13.9. The molecule has 2 atom stereocenters. The van der Waals surface area contributed by atoms with E-state index in [1.54, 1.807) is 0 Å². The first kappa shape index (κ1) is 13.8. The highest BCUT2D eigenvalue weighted by Gasteiger charge is 2.26. The van der Waals surface area contributed by atoms with E-state index < -0.39 is 0 Å². The Morgan fingerprint density at radius 3 is 2.47 bits per heavy atom. The van der Waals surface area contributed by atoms with Crippen LogP contribution in [0.3, 0.4) is 0 Å². The Hall–Kier alpha value is 0.390. The van der Waals surface area contributed by atoms with Gasteiger partial charge in [-0.05, 0) is 48.2 Å². The molecule has 0 amide bonds. The van der Waals surface area contributed by atoms with E-state index in [1.165, 1.54) is 44.9 Å². The first-order chi connectivity index (χ1) is 8.40. The first-order valence-corrected chi connectivity index (χ1v) is 8.18. The maximum absolute atomic E-state index is 6.16. The predicted molar refractivity (Wildman–Crippen MR) is 78.2 cm³/mol. The Morgan fingerprint density at radius 2 is 1.82 bits per heavy atom. The van der Waals surface area contributed by atoms with E-state index in [4.69, 9.17) is 9.47 Å².